The molecule has 0 spiro atoms. The van der Waals surface area contributed by atoms with Crippen molar-refractivity contribution in [2.24, 2.45) is 0 Å². The molecule has 1 aliphatic rings. The van der Waals surface area contributed by atoms with Gasteiger partial charge in [0.05, 0.1) is 25.4 Å². The van der Waals surface area contributed by atoms with Gasteiger partial charge < -0.3 is 14.2 Å². The molecule has 0 aliphatic carbocycles. The van der Waals surface area contributed by atoms with E-state index in [4.69, 9.17) is 14.2 Å². The highest BCUT2D eigenvalue weighted by molar-refractivity contribution is 4.52. The van der Waals surface area contributed by atoms with E-state index >= 15 is 0 Å². The average Bonchev–Trinajstić information content (AvgIpc) is 1.84. The molecule has 0 amide bonds. The maximum absolute atomic E-state index is 5.25. The highest BCUT2D eigenvalue weighted by Gasteiger charge is 2.10. The summed E-state index contributed by atoms with van der Waals surface area (Å²) in [6, 6.07) is 0. The largest absolute Gasteiger partial charge is 0.376 e. The van der Waals surface area contributed by atoms with Gasteiger partial charge in [-0.2, -0.15) is 0 Å². The minimum Gasteiger partial charge on any atom is -0.376 e. The van der Waals surface area contributed by atoms with Gasteiger partial charge in [0.15, 0.2) is 0 Å². The van der Waals surface area contributed by atoms with Crippen molar-refractivity contribution < 1.29 is 14.2 Å². The van der Waals surface area contributed by atoms with Crippen LogP contribution in [0, 0.1) is 0 Å². The van der Waals surface area contributed by atoms with Crippen LogP contribution in [0.1, 0.15) is 13.8 Å². The van der Waals surface area contributed by atoms with E-state index in [1.54, 1.807) is 0 Å². The predicted molar refractivity (Wildman–Crippen MR) is 36.8 cm³/mol. The Hall–Kier alpha value is -0.120. The Balaban J connectivity index is 2.21. The Morgan fingerprint density at radius 2 is 1.50 bits per heavy atom. The molecule has 1 aliphatic heterocycles. The molecular formula is C7H14O3. The van der Waals surface area contributed by atoms with Crippen LogP contribution in [-0.2, 0) is 14.2 Å². The second kappa shape index (κ2) is 3.91. The zero-order valence-electron chi connectivity index (χ0n) is 6.50. The maximum atomic E-state index is 5.25. The van der Waals surface area contributed by atoms with Crippen molar-refractivity contribution in [2.45, 2.75) is 26.1 Å². The molecule has 0 aromatic heterocycles. The number of hydrogen-bond donors (Lipinski definition) is 0. The molecule has 0 saturated carbocycles. The van der Waals surface area contributed by atoms with Gasteiger partial charge in [-0.25, -0.2) is 0 Å². The van der Waals surface area contributed by atoms with Crippen LogP contribution in [0.4, 0.5) is 0 Å². The van der Waals surface area contributed by atoms with Crippen LogP contribution in [0.3, 0.4) is 0 Å². The maximum Gasteiger partial charge on any atom is 0.147 e. The third-order valence-corrected chi connectivity index (χ3v) is 1.41. The lowest BCUT2D eigenvalue weighted by Crippen LogP contribution is -2.28. The van der Waals surface area contributed by atoms with E-state index < -0.39 is 0 Å². The van der Waals surface area contributed by atoms with Crippen molar-refractivity contribution in [1.29, 1.82) is 0 Å². The van der Waals surface area contributed by atoms with Crippen LogP contribution >= 0.6 is 0 Å². The second-order valence-electron chi connectivity index (χ2n) is 2.61. The fourth-order valence-corrected chi connectivity index (χ4v) is 0.768. The molecule has 3 heteroatoms. The van der Waals surface area contributed by atoms with Crippen molar-refractivity contribution >= 4 is 0 Å². The molecule has 0 N–H and O–H groups in total. The molecule has 0 unspecified atom stereocenters. The van der Waals surface area contributed by atoms with Crippen LogP contribution in [-0.4, -0.2) is 32.2 Å². The molecule has 0 bridgehead atoms. The molecule has 1 fully saturated rings. The number of rotatable bonds is 0. The summed E-state index contributed by atoms with van der Waals surface area (Å²) < 4.78 is 15.7. The SMILES string of the molecule is C[C@H]1COC[C@H](C)OCO1. The lowest BCUT2D eigenvalue weighted by atomic mass is 10.4. The molecule has 1 rings (SSSR count). The summed E-state index contributed by atoms with van der Waals surface area (Å²) in [4.78, 5) is 0. The summed E-state index contributed by atoms with van der Waals surface area (Å²) >= 11 is 0. The van der Waals surface area contributed by atoms with Crippen LogP contribution in [0.5, 0.6) is 0 Å². The summed E-state index contributed by atoms with van der Waals surface area (Å²) in [5.41, 5.74) is 0. The van der Waals surface area contributed by atoms with Gasteiger partial charge in [0.2, 0.25) is 0 Å². The standard InChI is InChI=1S/C7H14O3/c1-6-3-8-4-7(2)10-5-9-6/h6-7H,3-5H2,1-2H3/t6-,7-/m0/s1. The highest BCUT2D eigenvalue weighted by Crippen LogP contribution is 2.01. The number of hydrogen-bond acceptors (Lipinski definition) is 3. The van der Waals surface area contributed by atoms with Crippen LogP contribution < -0.4 is 0 Å². The second-order valence-corrected chi connectivity index (χ2v) is 2.61. The van der Waals surface area contributed by atoms with E-state index in [-0.39, 0.29) is 12.2 Å². The van der Waals surface area contributed by atoms with E-state index in [0.29, 0.717) is 20.0 Å². The summed E-state index contributed by atoms with van der Waals surface area (Å²) in [5.74, 6) is 0. The first-order valence-electron chi connectivity index (χ1n) is 3.60. The zero-order chi connectivity index (χ0) is 7.40. The monoisotopic (exact) mass is 146 g/mol. The van der Waals surface area contributed by atoms with Crippen molar-refractivity contribution in [2.75, 3.05) is 20.0 Å². The Labute approximate surface area is 61.3 Å². The van der Waals surface area contributed by atoms with Gasteiger partial charge in [0, 0.05) is 0 Å². The van der Waals surface area contributed by atoms with Gasteiger partial charge in [-0.1, -0.05) is 0 Å². The van der Waals surface area contributed by atoms with Gasteiger partial charge >= 0.3 is 0 Å². The van der Waals surface area contributed by atoms with Crippen LogP contribution in [0.25, 0.3) is 0 Å². The Morgan fingerprint density at radius 1 is 1.00 bits per heavy atom. The fourth-order valence-electron chi connectivity index (χ4n) is 0.768. The average molecular weight is 146 g/mol. The van der Waals surface area contributed by atoms with E-state index in [0.717, 1.165) is 0 Å². The molecule has 0 radical (unpaired) electrons. The van der Waals surface area contributed by atoms with Gasteiger partial charge in [-0.15, -0.1) is 0 Å². The van der Waals surface area contributed by atoms with Gasteiger partial charge in [-0.05, 0) is 13.8 Å². The van der Waals surface area contributed by atoms with Crippen molar-refractivity contribution in [3.05, 3.63) is 0 Å². The normalized spacial score (nSPS) is 36.6. The van der Waals surface area contributed by atoms with E-state index in [1.165, 1.54) is 0 Å². The van der Waals surface area contributed by atoms with Gasteiger partial charge in [-0.3, -0.25) is 0 Å². The minimum absolute atomic E-state index is 0.160. The summed E-state index contributed by atoms with van der Waals surface area (Å²) in [6.07, 6.45) is 0.319. The Kier molecular flexibility index (Phi) is 3.12. The number of ether oxygens (including phenoxy) is 3. The molecule has 0 aromatic carbocycles. The topological polar surface area (TPSA) is 27.7 Å². The Bertz CT molecular complexity index is 74.9. The van der Waals surface area contributed by atoms with Crippen molar-refractivity contribution in [3.63, 3.8) is 0 Å². The molecule has 2 atom stereocenters. The molecule has 1 saturated heterocycles. The Morgan fingerprint density at radius 3 is 2.00 bits per heavy atom. The molecule has 0 aromatic rings. The molecule has 1 heterocycles. The first-order valence-corrected chi connectivity index (χ1v) is 3.60. The fraction of sp³-hybridized carbons (Fsp3) is 1.00. The summed E-state index contributed by atoms with van der Waals surface area (Å²) in [6.45, 7) is 5.69. The van der Waals surface area contributed by atoms with Crippen LogP contribution in [0.2, 0.25) is 0 Å². The highest BCUT2D eigenvalue weighted by atomic mass is 16.7. The lowest BCUT2D eigenvalue weighted by molar-refractivity contribution is -0.165. The van der Waals surface area contributed by atoms with E-state index in [1.807, 2.05) is 13.8 Å². The lowest BCUT2D eigenvalue weighted by Gasteiger charge is -2.21. The van der Waals surface area contributed by atoms with Crippen LogP contribution in [0.15, 0.2) is 0 Å². The van der Waals surface area contributed by atoms with E-state index in [2.05, 4.69) is 0 Å². The summed E-state index contributed by atoms with van der Waals surface area (Å²) in [5, 5.41) is 0. The molecule has 3 nitrogen and oxygen atoms in total. The molecular weight excluding hydrogens is 132 g/mol. The third kappa shape index (κ3) is 2.64. The predicted octanol–water partition coefficient (Wildman–Crippen LogP) is 0.784. The molecule has 10 heavy (non-hydrogen) atoms. The summed E-state index contributed by atoms with van der Waals surface area (Å²) in [7, 11) is 0. The third-order valence-electron chi connectivity index (χ3n) is 1.41. The first kappa shape index (κ1) is 7.98. The smallest absolute Gasteiger partial charge is 0.147 e. The van der Waals surface area contributed by atoms with Crippen molar-refractivity contribution in [1.82, 2.24) is 0 Å². The first-order chi connectivity index (χ1) is 4.79. The van der Waals surface area contributed by atoms with Gasteiger partial charge in [0.25, 0.3) is 0 Å². The van der Waals surface area contributed by atoms with E-state index in [9.17, 15) is 0 Å². The quantitative estimate of drug-likeness (QED) is 0.505. The minimum atomic E-state index is 0.160. The van der Waals surface area contributed by atoms with Gasteiger partial charge in [0.1, 0.15) is 6.79 Å². The molecule has 60 valence electrons. The van der Waals surface area contributed by atoms with Crippen molar-refractivity contribution in [3.8, 4) is 0 Å². The zero-order valence-corrected chi connectivity index (χ0v) is 6.50.